The topological polar surface area (TPSA) is 60.4 Å². The van der Waals surface area contributed by atoms with Crippen LogP contribution in [0.1, 0.15) is 12.5 Å². The van der Waals surface area contributed by atoms with Gasteiger partial charge < -0.3 is 4.74 Å². The first-order valence-electron chi connectivity index (χ1n) is 4.81. The van der Waals surface area contributed by atoms with E-state index in [4.69, 9.17) is 4.74 Å². The zero-order chi connectivity index (χ0) is 13.2. The van der Waals surface area contributed by atoms with Crippen LogP contribution in [0.4, 0.5) is 4.39 Å². The Bertz CT molecular complexity index is 549. The first-order valence-corrected chi connectivity index (χ1v) is 6.70. The fourth-order valence-corrected chi connectivity index (χ4v) is 2.44. The molecule has 0 N–H and O–H groups in total. The number of methoxy groups -OCH3 is 1. The van der Waals surface area contributed by atoms with E-state index in [1.54, 1.807) is 0 Å². The molecular formula is C11H13FO4S. The predicted octanol–water partition coefficient (Wildman–Crippen LogP) is 1.37. The van der Waals surface area contributed by atoms with Gasteiger partial charge in [0.25, 0.3) is 0 Å². The molecule has 0 bridgehead atoms. The number of sulfone groups is 1. The highest BCUT2D eigenvalue weighted by atomic mass is 32.2. The molecule has 0 saturated carbocycles. The summed E-state index contributed by atoms with van der Waals surface area (Å²) < 4.78 is 41.3. The molecule has 0 atom stereocenters. The van der Waals surface area contributed by atoms with Gasteiger partial charge in [-0.05, 0) is 24.6 Å². The number of halogens is 1. The van der Waals surface area contributed by atoms with Crippen LogP contribution in [0.25, 0.3) is 0 Å². The minimum absolute atomic E-state index is 0.0390. The Balaban J connectivity index is 3.41. The number of Topliss-reactive ketones (excluding diaryl/α,β-unsaturated/α-hetero) is 1. The summed E-state index contributed by atoms with van der Waals surface area (Å²) >= 11 is 0. The van der Waals surface area contributed by atoms with Crippen molar-refractivity contribution in [2.45, 2.75) is 18.2 Å². The number of rotatable bonds is 4. The summed E-state index contributed by atoms with van der Waals surface area (Å²) in [4.78, 5) is 10.4. The van der Waals surface area contributed by atoms with Crippen molar-refractivity contribution in [1.82, 2.24) is 0 Å². The average Bonchev–Trinajstić information content (AvgIpc) is 2.13. The van der Waals surface area contributed by atoms with Gasteiger partial charge in [-0.1, -0.05) is 0 Å². The maximum Gasteiger partial charge on any atom is 0.182 e. The van der Waals surface area contributed by atoms with Gasteiger partial charge in [0.2, 0.25) is 0 Å². The van der Waals surface area contributed by atoms with Crippen molar-refractivity contribution >= 4 is 15.6 Å². The van der Waals surface area contributed by atoms with Crippen molar-refractivity contribution in [3.05, 3.63) is 23.5 Å². The highest BCUT2D eigenvalue weighted by Gasteiger charge is 2.21. The standard InChI is InChI=1S/C11H13FO4S/c1-7(13)4-8-5-9(12)11(17(3,14)15)10(6-8)16-2/h5-6H,4H2,1-3H3. The predicted molar refractivity (Wildman–Crippen MR) is 60.4 cm³/mol. The summed E-state index contributed by atoms with van der Waals surface area (Å²) in [6.07, 6.45) is 0.940. The van der Waals surface area contributed by atoms with Crippen LogP contribution in [0.3, 0.4) is 0 Å². The molecular weight excluding hydrogens is 247 g/mol. The normalized spacial score (nSPS) is 11.3. The lowest BCUT2D eigenvalue weighted by Gasteiger charge is -2.10. The lowest BCUT2D eigenvalue weighted by molar-refractivity contribution is -0.116. The Labute approximate surface area is 99.3 Å². The van der Waals surface area contributed by atoms with Gasteiger partial charge >= 0.3 is 0 Å². The van der Waals surface area contributed by atoms with Crippen molar-refractivity contribution in [1.29, 1.82) is 0 Å². The molecule has 1 aromatic rings. The summed E-state index contributed by atoms with van der Waals surface area (Å²) in [6.45, 7) is 1.37. The summed E-state index contributed by atoms with van der Waals surface area (Å²) in [5, 5.41) is 0. The second kappa shape index (κ2) is 4.83. The van der Waals surface area contributed by atoms with E-state index in [9.17, 15) is 17.6 Å². The molecule has 0 spiro atoms. The Morgan fingerprint density at radius 3 is 2.41 bits per heavy atom. The maximum absolute atomic E-state index is 13.7. The smallest absolute Gasteiger partial charge is 0.182 e. The Morgan fingerprint density at radius 2 is 2.00 bits per heavy atom. The van der Waals surface area contributed by atoms with Gasteiger partial charge in [-0.2, -0.15) is 0 Å². The van der Waals surface area contributed by atoms with Gasteiger partial charge in [-0.3, -0.25) is 4.79 Å². The van der Waals surface area contributed by atoms with Crippen LogP contribution in [0.15, 0.2) is 17.0 Å². The third kappa shape index (κ3) is 3.26. The number of carbonyl (C=O) groups is 1. The fraction of sp³-hybridized carbons (Fsp3) is 0.364. The SMILES string of the molecule is COc1cc(CC(C)=O)cc(F)c1S(C)(=O)=O. The highest BCUT2D eigenvalue weighted by molar-refractivity contribution is 7.90. The molecule has 1 rings (SSSR count). The van der Waals surface area contributed by atoms with Gasteiger partial charge in [-0.25, -0.2) is 12.8 Å². The highest BCUT2D eigenvalue weighted by Crippen LogP contribution is 2.28. The first-order chi connectivity index (χ1) is 7.75. The van der Waals surface area contributed by atoms with Crippen LogP contribution >= 0.6 is 0 Å². The van der Waals surface area contributed by atoms with Gasteiger partial charge in [0.1, 0.15) is 22.2 Å². The van der Waals surface area contributed by atoms with Crippen molar-refractivity contribution in [3.8, 4) is 5.75 Å². The Kier molecular flexibility index (Phi) is 3.87. The third-order valence-electron chi connectivity index (χ3n) is 2.11. The van der Waals surface area contributed by atoms with E-state index in [1.807, 2.05) is 0 Å². The van der Waals surface area contributed by atoms with Crippen LogP contribution < -0.4 is 4.74 Å². The maximum atomic E-state index is 13.7. The zero-order valence-electron chi connectivity index (χ0n) is 9.78. The van der Waals surface area contributed by atoms with E-state index in [1.165, 1.54) is 20.1 Å². The number of carbonyl (C=O) groups excluding carboxylic acids is 1. The van der Waals surface area contributed by atoms with Gasteiger partial charge in [-0.15, -0.1) is 0 Å². The van der Waals surface area contributed by atoms with Gasteiger partial charge in [0.15, 0.2) is 9.84 Å². The minimum Gasteiger partial charge on any atom is -0.495 e. The molecule has 1 aromatic carbocycles. The monoisotopic (exact) mass is 260 g/mol. The molecule has 0 aliphatic rings. The summed E-state index contributed by atoms with van der Waals surface area (Å²) in [5.41, 5.74) is 0.388. The second-order valence-electron chi connectivity index (χ2n) is 3.76. The number of hydrogen-bond donors (Lipinski definition) is 0. The quantitative estimate of drug-likeness (QED) is 0.820. The van der Waals surface area contributed by atoms with Crippen molar-refractivity contribution in [2.24, 2.45) is 0 Å². The molecule has 0 aliphatic carbocycles. The molecule has 0 radical (unpaired) electrons. The lowest BCUT2D eigenvalue weighted by atomic mass is 10.1. The van der Waals surface area contributed by atoms with Crippen molar-refractivity contribution in [2.75, 3.05) is 13.4 Å². The molecule has 0 aromatic heterocycles. The number of ketones is 1. The average molecular weight is 260 g/mol. The van der Waals surface area contributed by atoms with Crippen LogP contribution in [0, 0.1) is 5.82 Å². The number of hydrogen-bond acceptors (Lipinski definition) is 4. The minimum atomic E-state index is -3.71. The Morgan fingerprint density at radius 1 is 1.41 bits per heavy atom. The van der Waals surface area contributed by atoms with Gasteiger partial charge in [0.05, 0.1) is 7.11 Å². The Hall–Kier alpha value is -1.43. The molecule has 17 heavy (non-hydrogen) atoms. The molecule has 6 heteroatoms. The van der Waals surface area contributed by atoms with Crippen LogP contribution in [-0.4, -0.2) is 27.6 Å². The van der Waals surface area contributed by atoms with E-state index in [0.717, 1.165) is 12.3 Å². The summed E-state index contributed by atoms with van der Waals surface area (Å²) in [6, 6.07) is 2.40. The van der Waals surface area contributed by atoms with E-state index >= 15 is 0 Å². The number of ether oxygens (including phenoxy) is 1. The molecule has 4 nitrogen and oxygen atoms in total. The van der Waals surface area contributed by atoms with Crippen LogP contribution in [-0.2, 0) is 21.1 Å². The van der Waals surface area contributed by atoms with Gasteiger partial charge in [0, 0.05) is 12.7 Å². The fourth-order valence-electron chi connectivity index (χ4n) is 1.52. The van der Waals surface area contributed by atoms with Crippen LogP contribution in [0.2, 0.25) is 0 Å². The molecule has 0 heterocycles. The van der Waals surface area contributed by atoms with Crippen LogP contribution in [0.5, 0.6) is 5.75 Å². The molecule has 0 amide bonds. The van der Waals surface area contributed by atoms with E-state index in [-0.39, 0.29) is 18.0 Å². The zero-order valence-corrected chi connectivity index (χ0v) is 10.6. The number of benzene rings is 1. The molecule has 94 valence electrons. The van der Waals surface area contributed by atoms with Crippen molar-refractivity contribution < 1.29 is 22.3 Å². The third-order valence-corrected chi connectivity index (χ3v) is 3.25. The van der Waals surface area contributed by atoms with E-state index in [2.05, 4.69) is 0 Å². The van der Waals surface area contributed by atoms with Crippen molar-refractivity contribution in [3.63, 3.8) is 0 Å². The van der Waals surface area contributed by atoms with E-state index in [0.29, 0.717) is 5.56 Å². The largest absolute Gasteiger partial charge is 0.495 e. The van der Waals surface area contributed by atoms with E-state index < -0.39 is 20.5 Å². The molecule has 0 aliphatic heterocycles. The molecule has 0 unspecified atom stereocenters. The lowest BCUT2D eigenvalue weighted by Crippen LogP contribution is -2.06. The second-order valence-corrected chi connectivity index (χ2v) is 5.71. The molecule has 0 fully saturated rings. The first kappa shape index (κ1) is 13.6. The summed E-state index contributed by atoms with van der Waals surface area (Å²) in [7, 11) is -2.46. The summed E-state index contributed by atoms with van der Waals surface area (Å²) in [5.74, 6) is -1.12. The molecule has 0 saturated heterocycles.